The number of rotatable bonds is 4. The summed E-state index contributed by atoms with van der Waals surface area (Å²) < 4.78 is 28.3. The lowest BCUT2D eigenvalue weighted by atomic mass is 10.0. The zero-order valence-corrected chi connectivity index (χ0v) is 14.7. The van der Waals surface area contributed by atoms with Crippen molar-refractivity contribution in [1.82, 2.24) is 9.78 Å². The molecule has 1 aliphatic carbocycles. The summed E-state index contributed by atoms with van der Waals surface area (Å²) in [6.07, 6.45) is 7.72. The molecule has 1 heterocycles. The van der Waals surface area contributed by atoms with Crippen LogP contribution < -0.4 is 5.32 Å². The summed E-state index contributed by atoms with van der Waals surface area (Å²) in [7, 11) is 0. The van der Waals surface area contributed by atoms with E-state index in [9.17, 15) is 13.6 Å². The van der Waals surface area contributed by atoms with Gasteiger partial charge in [-0.25, -0.2) is 8.78 Å². The molecule has 0 radical (unpaired) electrons. The highest BCUT2D eigenvalue weighted by atomic mass is 19.2. The third-order valence-corrected chi connectivity index (χ3v) is 4.69. The van der Waals surface area contributed by atoms with Crippen molar-refractivity contribution in [2.75, 3.05) is 5.32 Å². The van der Waals surface area contributed by atoms with E-state index in [4.69, 9.17) is 6.42 Å². The molecule has 27 heavy (non-hydrogen) atoms. The van der Waals surface area contributed by atoms with Gasteiger partial charge in [0.1, 0.15) is 6.54 Å². The van der Waals surface area contributed by atoms with Crippen molar-refractivity contribution in [2.24, 2.45) is 0 Å². The molecular weight excluding hydrogens is 348 g/mol. The van der Waals surface area contributed by atoms with Crippen molar-refractivity contribution in [1.29, 1.82) is 0 Å². The lowest BCUT2D eigenvalue weighted by molar-refractivity contribution is 0.102. The smallest absolute Gasteiger partial charge is 0.256 e. The van der Waals surface area contributed by atoms with Crippen molar-refractivity contribution >= 4 is 22.6 Å². The number of carbonyl (C=O) groups is 1. The number of nitrogens with one attached hydrogen (secondary N) is 1. The third-order valence-electron chi connectivity index (χ3n) is 4.69. The standard InChI is InChI=1S/C21H17F2N3O/c1-3-8-26-19-15(13-4-5-13)9-12(2)10-16(19)20(25-26)24-21(27)14-6-7-17(22)18(23)11-14/h1,6-7,9-11,13H,4-5,8H2,2H3,(H,24,25,27). The first-order valence-electron chi connectivity index (χ1n) is 8.69. The van der Waals surface area contributed by atoms with Crippen LogP contribution in [-0.4, -0.2) is 15.7 Å². The molecule has 1 fully saturated rings. The average Bonchev–Trinajstić information content (AvgIpc) is 3.42. The van der Waals surface area contributed by atoms with Crippen molar-refractivity contribution in [3.63, 3.8) is 0 Å². The van der Waals surface area contributed by atoms with Gasteiger partial charge in [0.05, 0.1) is 5.52 Å². The lowest BCUT2D eigenvalue weighted by Crippen LogP contribution is -2.13. The molecule has 1 aliphatic rings. The first-order chi connectivity index (χ1) is 13.0. The Morgan fingerprint density at radius 1 is 1.30 bits per heavy atom. The molecule has 3 aromatic rings. The maximum Gasteiger partial charge on any atom is 0.256 e. The van der Waals surface area contributed by atoms with Gasteiger partial charge in [0.15, 0.2) is 17.5 Å². The van der Waals surface area contributed by atoms with Crippen LogP contribution in [0.25, 0.3) is 10.9 Å². The van der Waals surface area contributed by atoms with E-state index < -0.39 is 17.5 Å². The molecule has 1 amide bonds. The van der Waals surface area contributed by atoms with Gasteiger partial charge in [-0.3, -0.25) is 9.48 Å². The number of benzene rings is 2. The molecule has 4 rings (SSSR count). The van der Waals surface area contributed by atoms with Crippen LogP contribution in [0.1, 0.15) is 40.2 Å². The van der Waals surface area contributed by atoms with Crippen LogP contribution in [0.4, 0.5) is 14.6 Å². The fourth-order valence-corrected chi connectivity index (χ4v) is 3.32. The number of terminal acetylenes is 1. The molecule has 1 N–H and O–H groups in total. The normalized spacial score (nSPS) is 13.6. The summed E-state index contributed by atoms with van der Waals surface area (Å²) in [5, 5.41) is 7.98. The van der Waals surface area contributed by atoms with Gasteiger partial charge in [-0.2, -0.15) is 5.10 Å². The van der Waals surface area contributed by atoms with Crippen LogP contribution in [-0.2, 0) is 6.54 Å². The summed E-state index contributed by atoms with van der Waals surface area (Å²) in [4.78, 5) is 12.5. The molecule has 0 spiro atoms. The van der Waals surface area contributed by atoms with E-state index in [0.717, 1.165) is 41.4 Å². The molecule has 0 atom stereocenters. The Labute approximate surface area is 155 Å². The maximum absolute atomic E-state index is 13.4. The fraction of sp³-hybridized carbons (Fsp3) is 0.238. The van der Waals surface area contributed by atoms with Gasteiger partial charge in [-0.1, -0.05) is 12.0 Å². The SMILES string of the molecule is C#CCn1nc(NC(=O)c2ccc(F)c(F)c2)c2cc(C)cc(C3CC3)c21. The minimum atomic E-state index is -1.07. The van der Waals surface area contributed by atoms with Crippen LogP contribution in [0.5, 0.6) is 0 Å². The first kappa shape index (κ1) is 17.2. The predicted molar refractivity (Wildman–Crippen MR) is 99.6 cm³/mol. The van der Waals surface area contributed by atoms with Gasteiger partial charge in [0.2, 0.25) is 0 Å². The maximum atomic E-state index is 13.4. The molecule has 0 unspecified atom stereocenters. The van der Waals surface area contributed by atoms with Gasteiger partial charge in [-0.05, 0) is 61.1 Å². The second-order valence-corrected chi connectivity index (χ2v) is 6.82. The largest absolute Gasteiger partial charge is 0.305 e. The summed E-state index contributed by atoms with van der Waals surface area (Å²) in [5.41, 5.74) is 3.18. The third kappa shape index (κ3) is 3.17. The molecule has 1 aromatic heterocycles. The topological polar surface area (TPSA) is 46.9 Å². The van der Waals surface area contributed by atoms with Crippen molar-refractivity contribution in [3.05, 3.63) is 58.7 Å². The molecule has 1 saturated carbocycles. The predicted octanol–water partition coefficient (Wildman–Crippen LogP) is 4.39. The number of amides is 1. The second kappa shape index (κ2) is 6.51. The minimum absolute atomic E-state index is 0.0172. The molecule has 4 nitrogen and oxygen atoms in total. The van der Waals surface area contributed by atoms with Crippen LogP contribution in [0.15, 0.2) is 30.3 Å². The Kier molecular flexibility index (Phi) is 4.15. The van der Waals surface area contributed by atoms with Crippen LogP contribution in [0.2, 0.25) is 0 Å². The molecule has 0 aliphatic heterocycles. The van der Waals surface area contributed by atoms with E-state index in [1.165, 1.54) is 11.6 Å². The Balaban J connectivity index is 1.78. The van der Waals surface area contributed by atoms with E-state index in [1.807, 2.05) is 13.0 Å². The van der Waals surface area contributed by atoms with Gasteiger partial charge < -0.3 is 5.32 Å². The number of hydrogen-bond acceptors (Lipinski definition) is 2. The van der Waals surface area contributed by atoms with Crippen molar-refractivity contribution < 1.29 is 13.6 Å². The van der Waals surface area contributed by atoms with Crippen molar-refractivity contribution in [2.45, 2.75) is 32.2 Å². The van der Waals surface area contributed by atoms with E-state index in [1.54, 1.807) is 4.68 Å². The molecule has 0 bridgehead atoms. The zero-order valence-electron chi connectivity index (χ0n) is 14.7. The van der Waals surface area contributed by atoms with Crippen LogP contribution >= 0.6 is 0 Å². The number of anilines is 1. The van der Waals surface area contributed by atoms with Gasteiger partial charge >= 0.3 is 0 Å². The summed E-state index contributed by atoms with van der Waals surface area (Å²) in [6, 6.07) is 7.10. The Bertz CT molecular complexity index is 1110. The molecular formula is C21H17F2N3O. The number of fused-ring (bicyclic) bond motifs is 1. The highest BCUT2D eigenvalue weighted by Gasteiger charge is 2.28. The summed E-state index contributed by atoms with van der Waals surface area (Å²) in [5.74, 6) is 0.798. The number of nitrogens with zero attached hydrogens (tertiary/aromatic N) is 2. The Hall–Kier alpha value is -3.20. The average molecular weight is 365 g/mol. The number of carbonyl (C=O) groups excluding carboxylic acids is 1. The quantitative estimate of drug-likeness (QED) is 0.697. The minimum Gasteiger partial charge on any atom is -0.305 e. The van der Waals surface area contributed by atoms with E-state index in [2.05, 4.69) is 22.4 Å². The van der Waals surface area contributed by atoms with E-state index in [0.29, 0.717) is 11.7 Å². The van der Waals surface area contributed by atoms with E-state index in [-0.39, 0.29) is 12.1 Å². The fourth-order valence-electron chi connectivity index (χ4n) is 3.32. The summed E-state index contributed by atoms with van der Waals surface area (Å²) >= 11 is 0. The second-order valence-electron chi connectivity index (χ2n) is 6.82. The highest BCUT2D eigenvalue weighted by molar-refractivity contribution is 6.08. The number of aryl methyl sites for hydroxylation is 1. The number of aromatic nitrogens is 2. The van der Waals surface area contributed by atoms with Crippen LogP contribution in [0, 0.1) is 30.9 Å². The molecule has 6 heteroatoms. The molecule has 2 aromatic carbocycles. The first-order valence-corrected chi connectivity index (χ1v) is 8.69. The number of hydrogen-bond donors (Lipinski definition) is 1. The van der Waals surface area contributed by atoms with Gasteiger partial charge in [0.25, 0.3) is 5.91 Å². The lowest BCUT2D eigenvalue weighted by Gasteiger charge is -2.07. The zero-order chi connectivity index (χ0) is 19.1. The van der Waals surface area contributed by atoms with Gasteiger partial charge in [-0.15, -0.1) is 6.42 Å². The molecule has 0 saturated heterocycles. The van der Waals surface area contributed by atoms with Crippen LogP contribution in [0.3, 0.4) is 0 Å². The molecule has 136 valence electrons. The monoisotopic (exact) mass is 365 g/mol. The van der Waals surface area contributed by atoms with E-state index >= 15 is 0 Å². The Morgan fingerprint density at radius 2 is 2.07 bits per heavy atom. The highest BCUT2D eigenvalue weighted by Crippen LogP contribution is 2.44. The Morgan fingerprint density at radius 3 is 2.74 bits per heavy atom. The summed E-state index contributed by atoms with van der Waals surface area (Å²) in [6.45, 7) is 2.27. The van der Waals surface area contributed by atoms with Gasteiger partial charge in [0, 0.05) is 10.9 Å². The van der Waals surface area contributed by atoms with Crippen molar-refractivity contribution in [3.8, 4) is 12.3 Å². The number of halogens is 2.